The van der Waals surface area contributed by atoms with Gasteiger partial charge in [0.15, 0.2) is 6.10 Å². The summed E-state index contributed by atoms with van der Waals surface area (Å²) in [6.45, 7) is 0.804. The van der Waals surface area contributed by atoms with Gasteiger partial charge in [-0.15, -0.1) is 0 Å². The van der Waals surface area contributed by atoms with E-state index in [1.54, 1.807) is 0 Å². The van der Waals surface area contributed by atoms with Crippen LogP contribution in [0.25, 0.3) is 0 Å². The lowest BCUT2D eigenvalue weighted by Gasteiger charge is -2.31. The lowest BCUT2D eigenvalue weighted by atomic mass is 10.1. The first-order valence-corrected chi connectivity index (χ1v) is 9.46. The maximum atomic E-state index is 13.0. The topological polar surface area (TPSA) is 111 Å². The maximum absolute atomic E-state index is 13.0. The number of carbonyl (C=O) groups excluding carboxylic acids is 3. The molecule has 3 rings (SSSR count). The number of alkyl halides is 3. The molecule has 0 radical (unpaired) electrons. The highest BCUT2D eigenvalue weighted by molar-refractivity contribution is 6.33. The molecular weight excluding hydrogens is 455 g/mol. The van der Waals surface area contributed by atoms with Crippen LogP contribution in [0.5, 0.6) is 5.75 Å². The van der Waals surface area contributed by atoms with Crippen molar-refractivity contribution in [3.63, 3.8) is 0 Å². The zero-order valence-corrected chi connectivity index (χ0v) is 17.5. The number of hydrogen-bond acceptors (Lipinski definition) is 6. The Hall–Kier alpha value is -3.47. The molecule has 0 fully saturated rings. The molecule has 0 aromatic heterocycles. The molecular formula is C20H17ClF3N3O5. The number of carbonyl (C=O) groups is 3. The van der Waals surface area contributed by atoms with Gasteiger partial charge in [0.25, 0.3) is 5.91 Å². The third-order valence-corrected chi connectivity index (χ3v) is 4.95. The van der Waals surface area contributed by atoms with Crippen molar-refractivity contribution in [2.75, 3.05) is 29.6 Å². The molecule has 0 aliphatic carbocycles. The molecule has 0 saturated carbocycles. The minimum atomic E-state index is -4.63. The minimum Gasteiger partial charge on any atom is -0.496 e. The van der Waals surface area contributed by atoms with Gasteiger partial charge in [-0.25, -0.2) is 4.79 Å². The number of rotatable bonds is 4. The number of hydrogen-bond donors (Lipinski definition) is 2. The molecule has 2 aromatic carbocycles. The van der Waals surface area contributed by atoms with Crippen molar-refractivity contribution in [2.45, 2.75) is 19.2 Å². The van der Waals surface area contributed by atoms with Crippen LogP contribution in [0.2, 0.25) is 5.02 Å². The van der Waals surface area contributed by atoms with Gasteiger partial charge >= 0.3 is 12.1 Å². The Morgan fingerprint density at radius 2 is 1.94 bits per heavy atom. The first-order valence-electron chi connectivity index (χ1n) is 9.08. The first-order chi connectivity index (χ1) is 14.9. The summed E-state index contributed by atoms with van der Waals surface area (Å²) >= 11 is 5.94. The molecule has 1 unspecified atom stereocenters. The molecule has 2 aromatic rings. The van der Waals surface area contributed by atoms with E-state index in [-0.39, 0.29) is 33.4 Å². The van der Waals surface area contributed by atoms with Gasteiger partial charge in [-0.1, -0.05) is 11.6 Å². The molecule has 1 aliphatic rings. The second kappa shape index (κ2) is 8.58. The molecule has 1 heterocycles. The number of nitrogens with one attached hydrogen (secondary N) is 1. The normalized spacial score (nSPS) is 14.3. The Morgan fingerprint density at radius 3 is 2.56 bits per heavy atom. The first kappa shape index (κ1) is 23.2. The lowest BCUT2D eigenvalue weighted by Crippen LogP contribution is -2.47. The summed E-state index contributed by atoms with van der Waals surface area (Å²) in [4.78, 5) is 38.4. The third-order valence-electron chi connectivity index (χ3n) is 4.63. The van der Waals surface area contributed by atoms with Gasteiger partial charge < -0.3 is 20.5 Å². The summed E-state index contributed by atoms with van der Waals surface area (Å²) in [5.74, 6) is -2.39. The molecule has 3 N–H and O–H groups in total. The Kier molecular flexibility index (Phi) is 6.22. The van der Waals surface area contributed by atoms with E-state index in [1.807, 2.05) is 0 Å². The predicted octanol–water partition coefficient (Wildman–Crippen LogP) is 3.48. The number of ether oxygens (including phenoxy) is 2. The minimum absolute atomic E-state index is 0.0404. The molecule has 170 valence electrons. The van der Waals surface area contributed by atoms with E-state index < -0.39 is 42.2 Å². The zero-order chi connectivity index (χ0) is 23.8. The number of nitrogen functional groups attached to an aromatic ring is 1. The highest BCUT2D eigenvalue weighted by Gasteiger charge is 2.36. The fourth-order valence-corrected chi connectivity index (χ4v) is 3.22. The summed E-state index contributed by atoms with van der Waals surface area (Å²) in [5, 5.41) is 2.37. The van der Waals surface area contributed by atoms with Gasteiger partial charge in [0.2, 0.25) is 5.91 Å². The van der Waals surface area contributed by atoms with Crippen LogP contribution in [0.1, 0.15) is 22.8 Å². The molecule has 0 bridgehead atoms. The van der Waals surface area contributed by atoms with Crippen molar-refractivity contribution in [2.24, 2.45) is 0 Å². The smallest absolute Gasteiger partial charge is 0.416 e. The number of methoxy groups -OCH3 is 1. The average molecular weight is 472 g/mol. The highest BCUT2D eigenvalue weighted by Crippen LogP contribution is 2.37. The van der Waals surface area contributed by atoms with Gasteiger partial charge in [0, 0.05) is 6.07 Å². The van der Waals surface area contributed by atoms with Crippen molar-refractivity contribution in [3.8, 4) is 5.75 Å². The average Bonchev–Trinajstić information content (AvgIpc) is 2.72. The standard InChI is InChI=1S/C20H17ClF3N3O5/c1-9(32-19(30)11-6-12(21)13(25)7-16(11)31-2)18(29)27-8-17(28)26-14-5-10(20(22,23)24)3-4-15(14)27/h3-7,9H,8,25H2,1-2H3,(H,26,28). The van der Waals surface area contributed by atoms with Gasteiger partial charge in [-0.05, 0) is 31.2 Å². The number of amides is 2. The van der Waals surface area contributed by atoms with E-state index in [4.69, 9.17) is 26.8 Å². The molecule has 1 atom stereocenters. The fraction of sp³-hybridized carbons (Fsp3) is 0.250. The van der Waals surface area contributed by atoms with E-state index in [0.29, 0.717) is 0 Å². The van der Waals surface area contributed by atoms with E-state index in [0.717, 1.165) is 23.1 Å². The molecule has 0 saturated heterocycles. The number of nitrogens with zero attached hydrogens (tertiary/aromatic N) is 1. The summed E-state index contributed by atoms with van der Waals surface area (Å²) < 4.78 is 49.2. The van der Waals surface area contributed by atoms with Crippen LogP contribution in [0.3, 0.4) is 0 Å². The quantitative estimate of drug-likeness (QED) is 0.521. The summed E-state index contributed by atoms with van der Waals surface area (Å²) in [6, 6.07) is 5.11. The second-order valence-corrected chi connectivity index (χ2v) is 7.23. The van der Waals surface area contributed by atoms with Crippen LogP contribution < -0.4 is 20.7 Å². The van der Waals surface area contributed by atoms with Gasteiger partial charge in [0.05, 0.1) is 34.8 Å². The summed E-state index contributed by atoms with van der Waals surface area (Å²) in [5.41, 5.74) is 4.62. The molecule has 32 heavy (non-hydrogen) atoms. The fourth-order valence-electron chi connectivity index (χ4n) is 3.05. The van der Waals surface area contributed by atoms with Crippen LogP contribution in [-0.4, -0.2) is 37.5 Å². The summed E-state index contributed by atoms with van der Waals surface area (Å²) in [6.07, 6.45) is -6.02. The van der Waals surface area contributed by atoms with Crippen molar-refractivity contribution >= 4 is 46.4 Å². The SMILES string of the molecule is COc1cc(N)c(Cl)cc1C(=O)OC(C)C(=O)N1CC(=O)Nc2cc(C(F)(F)F)ccc21. The van der Waals surface area contributed by atoms with Crippen molar-refractivity contribution in [1.82, 2.24) is 0 Å². The molecule has 12 heteroatoms. The third kappa shape index (κ3) is 4.57. The maximum Gasteiger partial charge on any atom is 0.416 e. The van der Waals surface area contributed by atoms with Crippen molar-refractivity contribution in [3.05, 3.63) is 46.5 Å². The highest BCUT2D eigenvalue weighted by atomic mass is 35.5. The predicted molar refractivity (Wildman–Crippen MR) is 110 cm³/mol. The van der Waals surface area contributed by atoms with Crippen LogP contribution in [0.15, 0.2) is 30.3 Å². The van der Waals surface area contributed by atoms with Crippen molar-refractivity contribution in [1.29, 1.82) is 0 Å². The molecule has 8 nitrogen and oxygen atoms in total. The Morgan fingerprint density at radius 1 is 1.25 bits per heavy atom. The van der Waals surface area contributed by atoms with E-state index in [9.17, 15) is 27.6 Å². The Bertz CT molecular complexity index is 1110. The number of nitrogens with two attached hydrogens (primary N) is 1. The number of esters is 1. The van der Waals surface area contributed by atoms with Gasteiger partial charge in [-0.2, -0.15) is 13.2 Å². The van der Waals surface area contributed by atoms with Crippen LogP contribution >= 0.6 is 11.6 Å². The van der Waals surface area contributed by atoms with Crippen molar-refractivity contribution < 1.29 is 37.0 Å². The van der Waals surface area contributed by atoms with Crippen LogP contribution in [0, 0.1) is 0 Å². The zero-order valence-electron chi connectivity index (χ0n) is 16.7. The summed E-state index contributed by atoms with van der Waals surface area (Å²) in [7, 11) is 1.30. The van der Waals surface area contributed by atoms with E-state index in [1.165, 1.54) is 26.2 Å². The Balaban J connectivity index is 1.85. The lowest BCUT2D eigenvalue weighted by molar-refractivity contribution is -0.137. The second-order valence-electron chi connectivity index (χ2n) is 6.82. The largest absolute Gasteiger partial charge is 0.496 e. The van der Waals surface area contributed by atoms with E-state index >= 15 is 0 Å². The number of halogens is 4. The van der Waals surface area contributed by atoms with Crippen LogP contribution in [0.4, 0.5) is 30.2 Å². The Labute approximate surface area is 185 Å². The number of benzene rings is 2. The molecule has 0 spiro atoms. The monoisotopic (exact) mass is 471 g/mol. The van der Waals surface area contributed by atoms with Gasteiger partial charge in [-0.3, -0.25) is 14.5 Å². The number of fused-ring (bicyclic) bond motifs is 1. The molecule has 1 aliphatic heterocycles. The van der Waals surface area contributed by atoms with E-state index in [2.05, 4.69) is 5.32 Å². The van der Waals surface area contributed by atoms with Crippen LogP contribution in [-0.2, 0) is 20.5 Å². The van der Waals surface area contributed by atoms with Gasteiger partial charge in [0.1, 0.15) is 17.9 Å². The number of anilines is 3. The molecule has 2 amide bonds.